The van der Waals surface area contributed by atoms with Gasteiger partial charge in [-0.3, -0.25) is 4.79 Å². The predicted molar refractivity (Wildman–Crippen MR) is 57.7 cm³/mol. The van der Waals surface area contributed by atoms with Crippen molar-refractivity contribution in [3.63, 3.8) is 0 Å². The van der Waals surface area contributed by atoms with Gasteiger partial charge in [0.25, 0.3) is 0 Å². The summed E-state index contributed by atoms with van der Waals surface area (Å²) in [6.07, 6.45) is 2.50. The van der Waals surface area contributed by atoms with Crippen LogP contribution in [0.1, 0.15) is 26.2 Å². The van der Waals surface area contributed by atoms with E-state index in [4.69, 9.17) is 9.47 Å². The van der Waals surface area contributed by atoms with E-state index in [0.29, 0.717) is 25.5 Å². The Morgan fingerprint density at radius 2 is 2.20 bits per heavy atom. The number of hydrogen-bond acceptors (Lipinski definition) is 4. The smallest absolute Gasteiger partial charge is 0.307 e. The van der Waals surface area contributed by atoms with Crippen LogP contribution >= 0.6 is 0 Å². The van der Waals surface area contributed by atoms with Crippen molar-refractivity contribution in [3.05, 3.63) is 0 Å². The zero-order chi connectivity index (χ0) is 10.9. The summed E-state index contributed by atoms with van der Waals surface area (Å²) in [6, 6.07) is 0. The van der Waals surface area contributed by atoms with Crippen molar-refractivity contribution >= 4 is 5.97 Å². The molecule has 0 aromatic rings. The van der Waals surface area contributed by atoms with E-state index in [1.165, 1.54) is 0 Å². The molecule has 1 saturated heterocycles. The van der Waals surface area contributed by atoms with Gasteiger partial charge < -0.3 is 14.8 Å². The molecule has 0 bridgehead atoms. The van der Waals surface area contributed by atoms with Crippen molar-refractivity contribution in [1.29, 1.82) is 0 Å². The van der Waals surface area contributed by atoms with Gasteiger partial charge in [-0.1, -0.05) is 6.92 Å². The number of ether oxygens (including phenoxy) is 2. The number of rotatable bonds is 6. The lowest BCUT2D eigenvalue weighted by Gasteiger charge is -2.21. The number of hydrogen-bond donors (Lipinski definition) is 1. The molecule has 4 nitrogen and oxygen atoms in total. The van der Waals surface area contributed by atoms with Crippen molar-refractivity contribution in [2.24, 2.45) is 5.92 Å². The first-order valence-electron chi connectivity index (χ1n) is 5.77. The van der Waals surface area contributed by atoms with Crippen LogP contribution in [0.5, 0.6) is 0 Å². The largest absolute Gasteiger partial charge is 0.465 e. The predicted octanol–water partition coefficient (Wildman–Crippen LogP) is 0.956. The molecule has 1 aliphatic heterocycles. The highest BCUT2D eigenvalue weighted by Crippen LogP contribution is 2.14. The maximum Gasteiger partial charge on any atom is 0.307 e. The quantitative estimate of drug-likeness (QED) is 0.529. The van der Waals surface area contributed by atoms with Gasteiger partial charge >= 0.3 is 5.97 Å². The van der Waals surface area contributed by atoms with E-state index in [9.17, 15) is 4.79 Å². The standard InChI is InChI=1S/C11H21NO3/c1-2-12-6-3-11(13)15-9-10-4-7-14-8-5-10/h10,12H,2-9H2,1H3. The van der Waals surface area contributed by atoms with Crippen LogP contribution < -0.4 is 5.32 Å². The fraction of sp³-hybridized carbons (Fsp3) is 0.909. The number of carbonyl (C=O) groups is 1. The summed E-state index contributed by atoms with van der Waals surface area (Å²) >= 11 is 0. The molecule has 0 aromatic heterocycles. The summed E-state index contributed by atoms with van der Waals surface area (Å²) in [4.78, 5) is 11.3. The minimum atomic E-state index is -0.0950. The third-order valence-corrected chi connectivity index (χ3v) is 2.58. The van der Waals surface area contributed by atoms with E-state index >= 15 is 0 Å². The molecule has 0 aromatic carbocycles. The summed E-state index contributed by atoms with van der Waals surface area (Å²) in [5.41, 5.74) is 0. The molecule has 0 atom stereocenters. The van der Waals surface area contributed by atoms with Crippen LogP contribution in [0.3, 0.4) is 0 Å². The van der Waals surface area contributed by atoms with E-state index in [2.05, 4.69) is 5.32 Å². The zero-order valence-corrected chi connectivity index (χ0v) is 9.46. The summed E-state index contributed by atoms with van der Waals surface area (Å²) in [6.45, 7) is 5.80. The minimum absolute atomic E-state index is 0.0950. The molecule has 4 heteroatoms. The van der Waals surface area contributed by atoms with Crippen molar-refractivity contribution in [2.45, 2.75) is 26.2 Å². The monoisotopic (exact) mass is 215 g/mol. The van der Waals surface area contributed by atoms with E-state index in [0.717, 1.165) is 32.6 Å². The SMILES string of the molecule is CCNCCC(=O)OCC1CCOCC1. The zero-order valence-electron chi connectivity index (χ0n) is 9.46. The Morgan fingerprint density at radius 3 is 2.87 bits per heavy atom. The Hall–Kier alpha value is -0.610. The molecule has 0 amide bonds. The Bertz CT molecular complexity index is 179. The second kappa shape index (κ2) is 7.65. The Balaban J connectivity index is 2.00. The van der Waals surface area contributed by atoms with Crippen LogP contribution in [-0.4, -0.2) is 38.9 Å². The van der Waals surface area contributed by atoms with Gasteiger partial charge in [0.1, 0.15) is 0 Å². The minimum Gasteiger partial charge on any atom is -0.465 e. The van der Waals surface area contributed by atoms with Crippen LogP contribution in [0.25, 0.3) is 0 Å². The van der Waals surface area contributed by atoms with Gasteiger partial charge in [0, 0.05) is 19.8 Å². The molecule has 1 N–H and O–H groups in total. The van der Waals surface area contributed by atoms with E-state index < -0.39 is 0 Å². The van der Waals surface area contributed by atoms with Crippen molar-refractivity contribution in [3.8, 4) is 0 Å². The van der Waals surface area contributed by atoms with Crippen LogP contribution in [0.2, 0.25) is 0 Å². The summed E-state index contributed by atoms with van der Waals surface area (Å²) in [7, 11) is 0. The molecule has 0 spiro atoms. The van der Waals surface area contributed by atoms with Crippen molar-refractivity contribution < 1.29 is 14.3 Å². The van der Waals surface area contributed by atoms with Crippen molar-refractivity contribution in [2.75, 3.05) is 32.9 Å². The fourth-order valence-electron chi connectivity index (χ4n) is 1.56. The molecule has 1 fully saturated rings. The first-order valence-corrected chi connectivity index (χ1v) is 5.77. The first kappa shape index (κ1) is 12.5. The number of carbonyl (C=O) groups excluding carboxylic acids is 1. The second-order valence-electron chi connectivity index (χ2n) is 3.84. The average Bonchev–Trinajstić information content (AvgIpc) is 2.28. The lowest BCUT2D eigenvalue weighted by atomic mass is 10.0. The van der Waals surface area contributed by atoms with Gasteiger partial charge in [0.15, 0.2) is 0 Å². The second-order valence-corrected chi connectivity index (χ2v) is 3.84. The van der Waals surface area contributed by atoms with Gasteiger partial charge in [-0.25, -0.2) is 0 Å². The molecule has 0 aliphatic carbocycles. The van der Waals surface area contributed by atoms with E-state index in [1.54, 1.807) is 0 Å². The Labute approximate surface area is 91.3 Å². The summed E-state index contributed by atoms with van der Waals surface area (Å²) in [5.74, 6) is 0.407. The fourth-order valence-corrected chi connectivity index (χ4v) is 1.56. The Morgan fingerprint density at radius 1 is 1.47 bits per heavy atom. The van der Waals surface area contributed by atoms with Gasteiger partial charge in [-0.15, -0.1) is 0 Å². The molecular formula is C11H21NO3. The van der Waals surface area contributed by atoms with Gasteiger partial charge in [0.2, 0.25) is 0 Å². The molecule has 0 unspecified atom stereocenters. The van der Waals surface area contributed by atoms with Crippen LogP contribution in [0.15, 0.2) is 0 Å². The molecule has 0 saturated carbocycles. The highest BCUT2D eigenvalue weighted by Gasteiger charge is 2.15. The molecule has 1 heterocycles. The van der Waals surface area contributed by atoms with Crippen LogP contribution in [-0.2, 0) is 14.3 Å². The molecule has 88 valence electrons. The molecular weight excluding hydrogens is 194 g/mol. The van der Waals surface area contributed by atoms with Crippen molar-refractivity contribution in [1.82, 2.24) is 5.32 Å². The van der Waals surface area contributed by atoms with Gasteiger partial charge in [0.05, 0.1) is 13.0 Å². The third-order valence-electron chi connectivity index (χ3n) is 2.58. The molecule has 15 heavy (non-hydrogen) atoms. The highest BCUT2D eigenvalue weighted by molar-refractivity contribution is 5.69. The lowest BCUT2D eigenvalue weighted by Crippen LogP contribution is -2.23. The maximum absolute atomic E-state index is 11.3. The Kier molecular flexibility index (Phi) is 6.36. The molecule has 1 aliphatic rings. The molecule has 0 radical (unpaired) electrons. The van der Waals surface area contributed by atoms with E-state index in [1.807, 2.05) is 6.92 Å². The highest BCUT2D eigenvalue weighted by atomic mass is 16.5. The summed E-state index contributed by atoms with van der Waals surface area (Å²) in [5, 5.41) is 3.10. The topological polar surface area (TPSA) is 47.6 Å². The number of nitrogens with one attached hydrogen (secondary N) is 1. The van der Waals surface area contributed by atoms with Gasteiger partial charge in [-0.05, 0) is 25.3 Å². The lowest BCUT2D eigenvalue weighted by molar-refractivity contribution is -0.145. The number of esters is 1. The average molecular weight is 215 g/mol. The third kappa shape index (κ3) is 5.74. The first-order chi connectivity index (χ1) is 7.33. The van der Waals surface area contributed by atoms with Crippen LogP contribution in [0, 0.1) is 5.92 Å². The molecule has 1 rings (SSSR count). The van der Waals surface area contributed by atoms with Gasteiger partial charge in [-0.2, -0.15) is 0 Å². The normalized spacial score (nSPS) is 17.7. The van der Waals surface area contributed by atoms with E-state index in [-0.39, 0.29) is 5.97 Å². The maximum atomic E-state index is 11.3. The van der Waals surface area contributed by atoms with Crippen LogP contribution in [0.4, 0.5) is 0 Å². The summed E-state index contributed by atoms with van der Waals surface area (Å²) < 4.78 is 10.4.